The summed E-state index contributed by atoms with van der Waals surface area (Å²) >= 11 is 3.08. The van der Waals surface area contributed by atoms with Gasteiger partial charge in [-0.15, -0.1) is 0 Å². The number of para-hydroxylation sites is 1. The lowest BCUT2D eigenvalue weighted by Crippen LogP contribution is -2.48. The monoisotopic (exact) mass is 474 g/mol. The molecular formula is C14H15BrN6O6S. The van der Waals surface area contributed by atoms with Gasteiger partial charge < -0.3 is 10.1 Å². The highest BCUT2D eigenvalue weighted by Crippen LogP contribution is 2.27. The second kappa shape index (κ2) is 7.90. The number of rotatable bonds is 6. The fourth-order valence-electron chi connectivity index (χ4n) is 2.86. The zero-order valence-electron chi connectivity index (χ0n) is 14.3. The zero-order chi connectivity index (χ0) is 20.5. The molecule has 0 unspecified atom stereocenters. The predicted octanol–water partition coefficient (Wildman–Crippen LogP) is 1.43. The maximum absolute atomic E-state index is 12.8. The van der Waals surface area contributed by atoms with Crippen LogP contribution in [0.15, 0.2) is 39.8 Å². The topological polar surface area (TPSA) is 145 Å². The molecule has 0 N–H and O–H groups in total. The van der Waals surface area contributed by atoms with E-state index in [4.69, 9.17) is 0 Å². The van der Waals surface area contributed by atoms with Gasteiger partial charge in [0, 0.05) is 32.2 Å². The molecule has 0 amide bonds. The van der Waals surface area contributed by atoms with Crippen molar-refractivity contribution in [3.8, 4) is 0 Å². The standard InChI is InChI=1S/C14H15BrN6O6S/c15-11-9-18(16-14(11)21(24)25)10-17-5-7-19(8-6-17)28(26,27)13-4-2-1-3-12(13)20(22)23/h1-4,9H,5-8,10H2. The van der Waals surface area contributed by atoms with Gasteiger partial charge in [0.15, 0.2) is 4.90 Å². The highest BCUT2D eigenvalue weighted by atomic mass is 79.9. The number of nitro benzene ring substituents is 1. The number of piperazine rings is 1. The van der Waals surface area contributed by atoms with Crippen LogP contribution < -0.4 is 0 Å². The van der Waals surface area contributed by atoms with Crippen LogP contribution in [0.25, 0.3) is 0 Å². The Labute approximate surface area is 167 Å². The minimum atomic E-state index is -4.00. The van der Waals surface area contributed by atoms with Gasteiger partial charge in [-0.1, -0.05) is 12.1 Å². The SMILES string of the molecule is O=[N+]([O-])c1ccccc1S(=O)(=O)N1CCN(Cn2cc(Br)c([N+](=O)[O-])n2)CC1. The molecule has 2 heterocycles. The number of nitrogens with zero attached hydrogens (tertiary/aromatic N) is 6. The molecule has 0 saturated carbocycles. The Morgan fingerprint density at radius 3 is 2.29 bits per heavy atom. The van der Waals surface area contributed by atoms with Gasteiger partial charge in [-0.3, -0.25) is 15.0 Å². The van der Waals surface area contributed by atoms with Crippen molar-refractivity contribution in [2.24, 2.45) is 0 Å². The minimum Gasteiger partial charge on any atom is -0.358 e. The molecule has 28 heavy (non-hydrogen) atoms. The molecule has 0 atom stereocenters. The van der Waals surface area contributed by atoms with Gasteiger partial charge in [-0.2, -0.15) is 8.99 Å². The van der Waals surface area contributed by atoms with Gasteiger partial charge in [0.25, 0.3) is 5.69 Å². The summed E-state index contributed by atoms with van der Waals surface area (Å²) in [7, 11) is -4.00. The van der Waals surface area contributed by atoms with E-state index in [1.807, 2.05) is 4.90 Å². The van der Waals surface area contributed by atoms with Gasteiger partial charge >= 0.3 is 5.82 Å². The Morgan fingerprint density at radius 2 is 1.71 bits per heavy atom. The van der Waals surface area contributed by atoms with E-state index in [0.29, 0.717) is 13.1 Å². The average molecular weight is 475 g/mol. The van der Waals surface area contributed by atoms with Crippen LogP contribution in [0, 0.1) is 20.2 Å². The van der Waals surface area contributed by atoms with Crippen LogP contribution in [0.1, 0.15) is 0 Å². The van der Waals surface area contributed by atoms with Gasteiger partial charge in [0.05, 0.1) is 16.2 Å². The molecule has 1 fully saturated rings. The summed E-state index contributed by atoms with van der Waals surface area (Å²) in [5.74, 6) is -0.294. The molecule has 1 saturated heterocycles. The van der Waals surface area contributed by atoms with Crippen LogP contribution in [0.3, 0.4) is 0 Å². The van der Waals surface area contributed by atoms with Crippen molar-refractivity contribution in [3.05, 3.63) is 55.2 Å². The van der Waals surface area contributed by atoms with Crippen LogP contribution >= 0.6 is 15.9 Å². The summed E-state index contributed by atoms with van der Waals surface area (Å²) in [6.07, 6.45) is 1.48. The van der Waals surface area contributed by atoms with Crippen LogP contribution in [0.2, 0.25) is 0 Å². The summed E-state index contributed by atoms with van der Waals surface area (Å²) < 4.78 is 28.5. The zero-order valence-corrected chi connectivity index (χ0v) is 16.7. The number of aromatic nitrogens is 2. The van der Waals surface area contributed by atoms with E-state index >= 15 is 0 Å². The lowest BCUT2D eigenvalue weighted by molar-refractivity contribution is -0.390. The summed E-state index contributed by atoms with van der Waals surface area (Å²) in [5, 5.41) is 25.9. The molecule has 14 heteroatoms. The second-order valence-corrected chi connectivity index (χ2v) is 8.75. The van der Waals surface area contributed by atoms with Crippen LogP contribution in [-0.2, 0) is 16.7 Å². The molecule has 12 nitrogen and oxygen atoms in total. The second-order valence-electron chi connectivity index (χ2n) is 5.99. The van der Waals surface area contributed by atoms with Crippen molar-refractivity contribution in [1.82, 2.24) is 19.0 Å². The lowest BCUT2D eigenvalue weighted by Gasteiger charge is -2.33. The van der Waals surface area contributed by atoms with E-state index in [1.54, 1.807) is 0 Å². The number of hydrogen-bond donors (Lipinski definition) is 0. The number of benzene rings is 1. The van der Waals surface area contributed by atoms with E-state index in [2.05, 4.69) is 21.0 Å². The molecule has 150 valence electrons. The van der Waals surface area contributed by atoms with Gasteiger partial charge in [-0.05, 0) is 26.9 Å². The largest absolute Gasteiger partial charge is 0.404 e. The Morgan fingerprint density at radius 1 is 1.07 bits per heavy atom. The lowest BCUT2D eigenvalue weighted by atomic mass is 10.3. The van der Waals surface area contributed by atoms with Crippen LogP contribution in [-0.4, -0.2) is 63.4 Å². The molecule has 0 radical (unpaired) electrons. The van der Waals surface area contributed by atoms with Crippen molar-refractivity contribution in [1.29, 1.82) is 0 Å². The van der Waals surface area contributed by atoms with E-state index in [0.717, 1.165) is 6.07 Å². The summed E-state index contributed by atoms with van der Waals surface area (Å²) in [5.41, 5.74) is -0.460. The van der Waals surface area contributed by atoms with E-state index in [9.17, 15) is 28.6 Å². The van der Waals surface area contributed by atoms with E-state index < -0.39 is 25.6 Å². The third kappa shape index (κ3) is 4.04. The maximum Gasteiger partial charge on any atom is 0.404 e. The number of halogens is 1. The average Bonchev–Trinajstić information content (AvgIpc) is 3.02. The molecule has 1 aromatic heterocycles. The molecule has 1 aromatic carbocycles. The van der Waals surface area contributed by atoms with Crippen molar-refractivity contribution < 1.29 is 18.3 Å². The Kier molecular flexibility index (Phi) is 5.74. The minimum absolute atomic E-state index is 0.138. The van der Waals surface area contributed by atoms with Gasteiger partial charge in [0.2, 0.25) is 10.0 Å². The first kappa shape index (κ1) is 20.3. The molecule has 2 aromatic rings. The third-order valence-electron chi connectivity index (χ3n) is 4.23. The molecule has 3 rings (SSSR count). The first-order chi connectivity index (χ1) is 13.2. The van der Waals surface area contributed by atoms with Gasteiger partial charge in [0.1, 0.15) is 11.1 Å². The number of sulfonamides is 1. The summed E-state index contributed by atoms with van der Waals surface area (Å²) in [4.78, 5) is 22.2. The van der Waals surface area contributed by atoms with Gasteiger partial charge in [-0.25, -0.2) is 8.42 Å². The molecular weight excluding hydrogens is 460 g/mol. The Bertz CT molecular complexity index is 1020. The fraction of sp³-hybridized carbons (Fsp3) is 0.357. The number of nitro groups is 2. The summed E-state index contributed by atoms with van der Waals surface area (Å²) in [6, 6.07) is 5.24. The van der Waals surface area contributed by atoms with E-state index in [-0.39, 0.29) is 34.9 Å². The highest BCUT2D eigenvalue weighted by molar-refractivity contribution is 9.10. The van der Waals surface area contributed by atoms with Crippen molar-refractivity contribution in [3.63, 3.8) is 0 Å². The van der Waals surface area contributed by atoms with Crippen LogP contribution in [0.5, 0.6) is 0 Å². The molecule has 0 spiro atoms. The molecule has 0 bridgehead atoms. The molecule has 1 aliphatic rings. The van der Waals surface area contributed by atoms with Crippen molar-refractivity contribution in [2.45, 2.75) is 11.6 Å². The fourth-order valence-corrected chi connectivity index (χ4v) is 4.90. The predicted molar refractivity (Wildman–Crippen MR) is 100 cm³/mol. The maximum atomic E-state index is 12.8. The Hall–Kier alpha value is -2.42. The summed E-state index contributed by atoms with van der Waals surface area (Å²) in [6.45, 7) is 1.24. The Balaban J connectivity index is 1.69. The molecule has 0 aliphatic carbocycles. The van der Waals surface area contributed by atoms with Crippen molar-refractivity contribution in [2.75, 3.05) is 26.2 Å². The van der Waals surface area contributed by atoms with Crippen molar-refractivity contribution >= 4 is 37.5 Å². The quantitative estimate of drug-likeness (QED) is 0.451. The first-order valence-corrected chi connectivity index (χ1v) is 10.3. The van der Waals surface area contributed by atoms with Crippen LogP contribution in [0.4, 0.5) is 11.5 Å². The smallest absolute Gasteiger partial charge is 0.358 e. The normalized spacial score (nSPS) is 16.2. The van der Waals surface area contributed by atoms with E-state index in [1.165, 1.54) is 33.4 Å². The highest BCUT2D eigenvalue weighted by Gasteiger charge is 2.33. The number of hydrogen-bond acceptors (Lipinski definition) is 8. The third-order valence-corrected chi connectivity index (χ3v) is 6.73. The first-order valence-electron chi connectivity index (χ1n) is 8.03. The molecule has 1 aliphatic heterocycles.